The summed E-state index contributed by atoms with van der Waals surface area (Å²) in [5.41, 5.74) is 0.977. The van der Waals surface area contributed by atoms with Crippen LogP contribution in [-0.4, -0.2) is 10.2 Å². The molecule has 0 aliphatic heterocycles. The average molecular weight is 95.1 g/mol. The fourth-order valence-corrected chi connectivity index (χ4v) is 0.321. The van der Waals surface area contributed by atoms with Crippen molar-refractivity contribution in [1.82, 2.24) is 10.2 Å². The van der Waals surface area contributed by atoms with E-state index in [0.717, 1.165) is 5.56 Å². The van der Waals surface area contributed by atoms with Gasteiger partial charge in [0.15, 0.2) is 0 Å². The highest BCUT2D eigenvalue weighted by Gasteiger charge is 1.74. The SMILES string of the molecule is [2H]c1cc(C)cnn1. The highest BCUT2D eigenvalue weighted by Crippen LogP contribution is 1.85. The summed E-state index contributed by atoms with van der Waals surface area (Å²) >= 11 is 0. The molecule has 0 radical (unpaired) electrons. The first-order valence-corrected chi connectivity index (χ1v) is 2.05. The minimum Gasteiger partial charge on any atom is -0.159 e. The Morgan fingerprint density at radius 2 is 2.57 bits per heavy atom. The number of aromatic nitrogens is 2. The number of rotatable bonds is 0. The van der Waals surface area contributed by atoms with E-state index in [1.165, 1.54) is 0 Å². The molecule has 2 heteroatoms. The summed E-state index contributed by atoms with van der Waals surface area (Å²) in [5.74, 6) is 0. The second kappa shape index (κ2) is 1.69. The second-order valence-corrected chi connectivity index (χ2v) is 1.36. The van der Waals surface area contributed by atoms with Gasteiger partial charge in [0.1, 0.15) is 0 Å². The zero-order valence-corrected chi connectivity index (χ0v) is 4.05. The number of nitrogens with zero attached hydrogens (tertiary/aromatic N) is 2. The first kappa shape index (κ1) is 3.13. The third-order valence-corrected chi connectivity index (χ3v) is 0.669. The van der Waals surface area contributed by atoms with Gasteiger partial charge in [0.2, 0.25) is 0 Å². The summed E-state index contributed by atoms with van der Waals surface area (Å²) in [6.45, 7) is 1.88. The lowest BCUT2D eigenvalue weighted by Crippen LogP contribution is -1.76. The van der Waals surface area contributed by atoms with Crippen LogP contribution in [-0.2, 0) is 0 Å². The van der Waals surface area contributed by atoms with Crippen LogP contribution in [0.5, 0.6) is 0 Å². The fraction of sp³-hybridized carbons (Fsp3) is 0.200. The summed E-state index contributed by atoms with van der Waals surface area (Å²) in [5, 5.41) is 7.00. The Kier molecular flexibility index (Phi) is 0.754. The quantitative estimate of drug-likeness (QED) is 0.476. The van der Waals surface area contributed by atoms with Gasteiger partial charge in [-0.1, -0.05) is 0 Å². The maximum atomic E-state index is 6.96. The summed E-state index contributed by atoms with van der Waals surface area (Å²) < 4.78 is 6.96. The number of hydrogen-bond donors (Lipinski definition) is 0. The van der Waals surface area contributed by atoms with Gasteiger partial charge in [-0.25, -0.2) is 0 Å². The molecule has 0 aromatic carbocycles. The third kappa shape index (κ3) is 0.961. The lowest BCUT2D eigenvalue weighted by atomic mass is 10.4. The molecular formula is C5H6N2. The van der Waals surface area contributed by atoms with Crippen LogP contribution in [0.2, 0.25) is 0 Å². The van der Waals surface area contributed by atoms with Crippen molar-refractivity contribution in [2.45, 2.75) is 6.92 Å². The number of aryl methyl sites for hydroxylation is 1. The summed E-state index contributed by atoms with van der Waals surface area (Å²) in [4.78, 5) is 0. The Labute approximate surface area is 43.6 Å². The van der Waals surface area contributed by atoms with Crippen molar-refractivity contribution in [2.24, 2.45) is 0 Å². The summed E-state index contributed by atoms with van der Waals surface area (Å²) in [6.07, 6.45) is 1.85. The molecule has 0 N–H and O–H groups in total. The minimum atomic E-state index is 0.227. The van der Waals surface area contributed by atoms with Crippen LogP contribution in [0, 0.1) is 6.92 Å². The molecule has 0 aliphatic carbocycles. The summed E-state index contributed by atoms with van der Waals surface area (Å²) in [7, 11) is 0. The molecule has 7 heavy (non-hydrogen) atoms. The smallest absolute Gasteiger partial charge is 0.0860 e. The molecule has 0 saturated heterocycles. The fourth-order valence-electron chi connectivity index (χ4n) is 0.321. The van der Waals surface area contributed by atoms with Crippen LogP contribution in [0.1, 0.15) is 6.93 Å². The van der Waals surface area contributed by atoms with E-state index in [0.29, 0.717) is 0 Å². The Bertz CT molecular complexity index is 170. The molecule has 0 unspecified atom stereocenters. The second-order valence-electron chi connectivity index (χ2n) is 1.36. The Morgan fingerprint density at radius 1 is 1.71 bits per heavy atom. The summed E-state index contributed by atoms with van der Waals surface area (Å²) in [6, 6.07) is 1.66. The minimum absolute atomic E-state index is 0.227. The molecule has 1 heterocycles. The zero-order chi connectivity index (χ0) is 5.98. The van der Waals surface area contributed by atoms with Gasteiger partial charge in [-0.3, -0.25) is 0 Å². The van der Waals surface area contributed by atoms with Crippen molar-refractivity contribution in [2.75, 3.05) is 0 Å². The van der Waals surface area contributed by atoms with E-state index in [2.05, 4.69) is 10.2 Å². The lowest BCUT2D eigenvalue weighted by Gasteiger charge is -1.80. The van der Waals surface area contributed by atoms with Gasteiger partial charge in [-0.2, -0.15) is 10.2 Å². The topological polar surface area (TPSA) is 25.8 Å². The maximum absolute atomic E-state index is 6.96. The highest BCUT2D eigenvalue weighted by atomic mass is 15.1. The van der Waals surface area contributed by atoms with E-state index in [1.54, 1.807) is 12.3 Å². The van der Waals surface area contributed by atoms with Gasteiger partial charge in [0.05, 0.1) is 7.57 Å². The molecule has 36 valence electrons. The van der Waals surface area contributed by atoms with Gasteiger partial charge >= 0.3 is 0 Å². The van der Waals surface area contributed by atoms with Gasteiger partial charge in [-0.05, 0) is 18.6 Å². The first-order chi connectivity index (χ1) is 3.79. The zero-order valence-electron chi connectivity index (χ0n) is 5.05. The van der Waals surface area contributed by atoms with E-state index >= 15 is 0 Å². The van der Waals surface area contributed by atoms with Crippen molar-refractivity contribution in [3.8, 4) is 0 Å². The van der Waals surface area contributed by atoms with Crippen LogP contribution in [0.25, 0.3) is 0 Å². The predicted octanol–water partition coefficient (Wildman–Crippen LogP) is 0.785. The lowest BCUT2D eigenvalue weighted by molar-refractivity contribution is 1.01. The molecule has 1 rings (SSSR count). The van der Waals surface area contributed by atoms with Crippen molar-refractivity contribution >= 4 is 0 Å². The van der Waals surface area contributed by atoms with E-state index in [4.69, 9.17) is 1.37 Å². The van der Waals surface area contributed by atoms with Crippen molar-refractivity contribution in [1.29, 1.82) is 0 Å². The van der Waals surface area contributed by atoms with Crippen LogP contribution < -0.4 is 0 Å². The van der Waals surface area contributed by atoms with Crippen molar-refractivity contribution in [3.05, 3.63) is 24.0 Å². The van der Waals surface area contributed by atoms with Crippen LogP contribution >= 0.6 is 0 Å². The largest absolute Gasteiger partial charge is 0.159 e. The van der Waals surface area contributed by atoms with E-state index in [1.807, 2.05) is 6.92 Å². The maximum Gasteiger partial charge on any atom is 0.0860 e. The molecule has 0 aliphatic rings. The molecule has 0 atom stereocenters. The molecule has 0 spiro atoms. The molecule has 1 aromatic rings. The Hall–Kier alpha value is -0.920. The van der Waals surface area contributed by atoms with Crippen LogP contribution in [0.15, 0.2) is 18.4 Å². The van der Waals surface area contributed by atoms with Crippen molar-refractivity contribution < 1.29 is 1.37 Å². The first-order valence-electron chi connectivity index (χ1n) is 2.55. The van der Waals surface area contributed by atoms with E-state index in [9.17, 15) is 0 Å². The molecule has 0 fully saturated rings. The van der Waals surface area contributed by atoms with Gasteiger partial charge in [0.25, 0.3) is 0 Å². The van der Waals surface area contributed by atoms with Crippen LogP contribution in [0.3, 0.4) is 0 Å². The highest BCUT2D eigenvalue weighted by molar-refractivity contribution is 5.00. The molecule has 0 bridgehead atoms. The normalized spacial score (nSPS) is 10.7. The molecule has 2 nitrogen and oxygen atoms in total. The Balaban J connectivity index is 3.08. The van der Waals surface area contributed by atoms with E-state index in [-0.39, 0.29) is 6.17 Å². The number of hydrogen-bond acceptors (Lipinski definition) is 2. The molecule has 0 saturated carbocycles. The average Bonchev–Trinajstić information content (AvgIpc) is 1.64. The van der Waals surface area contributed by atoms with Gasteiger partial charge in [0, 0.05) is 6.17 Å². The Morgan fingerprint density at radius 3 is 3.00 bits per heavy atom. The molecular weight excluding hydrogens is 88.1 g/mol. The van der Waals surface area contributed by atoms with E-state index < -0.39 is 0 Å². The van der Waals surface area contributed by atoms with Crippen molar-refractivity contribution in [3.63, 3.8) is 0 Å². The standard InChI is InChI=1S/C5H6N2/c1-5-2-3-6-7-4-5/h2-4H,1H3/i3D. The van der Waals surface area contributed by atoms with Gasteiger partial charge < -0.3 is 0 Å². The predicted molar refractivity (Wildman–Crippen MR) is 26.8 cm³/mol. The van der Waals surface area contributed by atoms with Crippen LogP contribution in [0.4, 0.5) is 0 Å². The molecule has 0 amide bonds. The monoisotopic (exact) mass is 95.1 g/mol. The third-order valence-electron chi connectivity index (χ3n) is 0.669. The molecule has 1 aromatic heterocycles. The van der Waals surface area contributed by atoms with Gasteiger partial charge in [-0.15, -0.1) is 0 Å².